The fourth-order valence-corrected chi connectivity index (χ4v) is 4.96. The van der Waals surface area contributed by atoms with Crippen molar-refractivity contribution in [3.63, 3.8) is 0 Å². The van der Waals surface area contributed by atoms with E-state index < -0.39 is 5.79 Å². The van der Waals surface area contributed by atoms with Crippen LogP contribution in [0.15, 0.2) is 58.7 Å². The molecule has 0 bridgehead atoms. The Labute approximate surface area is 216 Å². The van der Waals surface area contributed by atoms with Gasteiger partial charge in [-0.15, -0.1) is 0 Å². The molecule has 7 heteroatoms. The molecule has 2 aromatic carbocycles. The Hall–Kier alpha value is -2.19. The number of nitrogens with zero attached hydrogens (tertiary/aromatic N) is 1. The van der Waals surface area contributed by atoms with Crippen LogP contribution >= 0.6 is 15.9 Å². The Bertz CT molecular complexity index is 1050. The van der Waals surface area contributed by atoms with Gasteiger partial charge in [0.15, 0.2) is 5.79 Å². The highest BCUT2D eigenvalue weighted by Crippen LogP contribution is 2.37. The van der Waals surface area contributed by atoms with E-state index in [9.17, 15) is 4.79 Å². The zero-order valence-electron chi connectivity index (χ0n) is 20.7. The predicted molar refractivity (Wildman–Crippen MR) is 138 cm³/mol. The molecule has 0 N–H and O–H groups in total. The van der Waals surface area contributed by atoms with Crippen molar-refractivity contribution in [1.82, 2.24) is 4.90 Å². The van der Waals surface area contributed by atoms with Crippen LogP contribution in [0.4, 0.5) is 0 Å². The lowest BCUT2D eigenvalue weighted by molar-refractivity contribution is -0.162. The minimum Gasteiger partial charge on any atom is -0.497 e. The van der Waals surface area contributed by atoms with Gasteiger partial charge in [0.2, 0.25) is 0 Å². The van der Waals surface area contributed by atoms with Crippen LogP contribution in [0.2, 0.25) is 0 Å². The lowest BCUT2D eigenvalue weighted by Crippen LogP contribution is -2.39. The maximum Gasteiger partial charge on any atom is 0.259 e. The van der Waals surface area contributed by atoms with E-state index in [2.05, 4.69) is 28.9 Å². The molecule has 6 nitrogen and oxygen atoms in total. The Morgan fingerprint density at radius 3 is 2.57 bits per heavy atom. The number of carbonyl (C=O) groups is 1. The number of allylic oxidation sites excluding steroid dienone is 1. The molecule has 1 fully saturated rings. The molecule has 0 saturated carbocycles. The minimum absolute atomic E-state index is 0.00182. The van der Waals surface area contributed by atoms with Crippen molar-refractivity contribution in [3.8, 4) is 5.75 Å². The van der Waals surface area contributed by atoms with E-state index in [4.69, 9.17) is 18.9 Å². The number of hydrogen-bond acceptors (Lipinski definition) is 5. The van der Waals surface area contributed by atoms with Crippen LogP contribution in [0, 0.1) is 12.8 Å². The summed E-state index contributed by atoms with van der Waals surface area (Å²) in [6, 6.07) is 13.8. The second-order valence-electron chi connectivity index (χ2n) is 9.37. The van der Waals surface area contributed by atoms with Crippen LogP contribution in [0.5, 0.6) is 5.75 Å². The standard InChI is InChI=1S/C28H34BrNO5/c1-20-4-9-26(29)25(16-20)27(31)30(23-10-12-28(13-11-23)34-14-15-35-28)17-21(2)18-33-19-22-5-7-24(32-3)8-6-22/h4-10,16,21H,11-15,17-19H2,1-3H3/t21-/m1/s1. The van der Waals surface area contributed by atoms with Crippen molar-refractivity contribution in [3.05, 3.63) is 75.4 Å². The highest BCUT2D eigenvalue weighted by Gasteiger charge is 2.39. The minimum atomic E-state index is -0.519. The van der Waals surface area contributed by atoms with Crippen molar-refractivity contribution in [2.45, 2.75) is 45.5 Å². The van der Waals surface area contributed by atoms with Crippen molar-refractivity contribution < 1.29 is 23.7 Å². The van der Waals surface area contributed by atoms with Gasteiger partial charge in [0.1, 0.15) is 5.75 Å². The third-order valence-electron chi connectivity index (χ3n) is 6.49. The number of aryl methyl sites for hydroxylation is 1. The Balaban J connectivity index is 1.45. The van der Waals surface area contributed by atoms with Crippen LogP contribution in [0.25, 0.3) is 0 Å². The molecule has 0 radical (unpaired) electrons. The van der Waals surface area contributed by atoms with E-state index in [0.717, 1.165) is 39.9 Å². The molecule has 4 rings (SSSR count). The number of methoxy groups -OCH3 is 1. The quantitative estimate of drug-likeness (QED) is 0.395. The molecule has 2 aromatic rings. The fraction of sp³-hybridized carbons (Fsp3) is 0.464. The van der Waals surface area contributed by atoms with Gasteiger partial charge in [0, 0.05) is 29.6 Å². The van der Waals surface area contributed by atoms with E-state index in [1.165, 1.54) is 0 Å². The van der Waals surface area contributed by atoms with Gasteiger partial charge in [-0.3, -0.25) is 4.79 Å². The summed E-state index contributed by atoms with van der Waals surface area (Å²) in [7, 11) is 1.66. The first-order valence-electron chi connectivity index (χ1n) is 12.1. The molecule has 1 aliphatic heterocycles. The summed E-state index contributed by atoms with van der Waals surface area (Å²) in [6.07, 6.45) is 4.25. The van der Waals surface area contributed by atoms with Crippen molar-refractivity contribution in [2.75, 3.05) is 33.5 Å². The number of halogens is 1. The predicted octanol–water partition coefficient (Wildman–Crippen LogP) is 5.87. The first-order chi connectivity index (χ1) is 16.9. The number of carbonyl (C=O) groups excluding carboxylic acids is 1. The van der Waals surface area contributed by atoms with E-state index in [-0.39, 0.29) is 11.8 Å². The van der Waals surface area contributed by atoms with Crippen molar-refractivity contribution in [2.24, 2.45) is 5.92 Å². The number of ether oxygens (including phenoxy) is 4. The van der Waals surface area contributed by atoms with Crippen LogP contribution in [0.1, 0.15) is 47.7 Å². The number of hydrogen-bond donors (Lipinski definition) is 0. The fourth-order valence-electron chi connectivity index (χ4n) is 4.54. The summed E-state index contributed by atoms with van der Waals surface area (Å²) in [4.78, 5) is 15.7. The Morgan fingerprint density at radius 2 is 1.91 bits per heavy atom. The van der Waals surface area contributed by atoms with Crippen molar-refractivity contribution >= 4 is 21.8 Å². The van der Waals surface area contributed by atoms with Gasteiger partial charge in [-0.1, -0.05) is 36.8 Å². The molecular formula is C28H34BrNO5. The highest BCUT2D eigenvalue weighted by molar-refractivity contribution is 9.10. The number of amides is 1. The molecular weight excluding hydrogens is 510 g/mol. The Morgan fingerprint density at radius 1 is 1.17 bits per heavy atom. The highest BCUT2D eigenvalue weighted by atomic mass is 79.9. The van der Waals surface area contributed by atoms with E-state index in [0.29, 0.717) is 45.0 Å². The molecule has 0 aromatic heterocycles. The number of benzene rings is 2. The molecule has 1 spiro atoms. The normalized spacial score (nSPS) is 17.8. The van der Waals surface area contributed by atoms with Gasteiger partial charge >= 0.3 is 0 Å². The van der Waals surface area contributed by atoms with E-state index in [1.54, 1.807) is 7.11 Å². The summed E-state index contributed by atoms with van der Waals surface area (Å²) in [5.74, 6) is 0.457. The van der Waals surface area contributed by atoms with Gasteiger partial charge in [0.25, 0.3) is 5.91 Å². The summed E-state index contributed by atoms with van der Waals surface area (Å²) < 4.78 is 23.8. The topological polar surface area (TPSA) is 57.2 Å². The van der Waals surface area contributed by atoms with Crippen LogP contribution in [-0.4, -0.2) is 50.1 Å². The molecule has 1 heterocycles. The lowest BCUT2D eigenvalue weighted by atomic mass is 9.96. The van der Waals surface area contributed by atoms with Gasteiger partial charge < -0.3 is 23.8 Å². The third-order valence-corrected chi connectivity index (χ3v) is 7.18. The van der Waals surface area contributed by atoms with Gasteiger partial charge in [-0.2, -0.15) is 0 Å². The number of rotatable bonds is 9. The second-order valence-corrected chi connectivity index (χ2v) is 10.2. The van der Waals surface area contributed by atoms with Crippen LogP contribution in [0.3, 0.4) is 0 Å². The van der Waals surface area contributed by atoms with Gasteiger partial charge in [-0.25, -0.2) is 0 Å². The lowest BCUT2D eigenvalue weighted by Gasteiger charge is -2.35. The molecule has 2 aliphatic rings. The largest absolute Gasteiger partial charge is 0.497 e. The summed E-state index contributed by atoms with van der Waals surface area (Å²) in [6.45, 7) is 7.02. The van der Waals surface area contributed by atoms with E-state index in [1.807, 2.05) is 54.3 Å². The second kappa shape index (κ2) is 11.7. The zero-order chi connectivity index (χ0) is 24.8. The maximum absolute atomic E-state index is 13.8. The van der Waals surface area contributed by atoms with Gasteiger partial charge in [0.05, 0.1) is 39.1 Å². The van der Waals surface area contributed by atoms with Gasteiger partial charge in [-0.05, 0) is 65.0 Å². The summed E-state index contributed by atoms with van der Waals surface area (Å²) in [5.41, 5.74) is 3.84. The average Bonchev–Trinajstić information content (AvgIpc) is 3.32. The summed E-state index contributed by atoms with van der Waals surface area (Å²) in [5, 5.41) is 0. The monoisotopic (exact) mass is 543 g/mol. The summed E-state index contributed by atoms with van der Waals surface area (Å²) >= 11 is 3.58. The first kappa shape index (κ1) is 25.9. The zero-order valence-corrected chi connectivity index (χ0v) is 22.3. The Kier molecular flexibility index (Phi) is 8.65. The molecule has 1 atom stereocenters. The van der Waals surface area contributed by atoms with Crippen LogP contribution in [-0.2, 0) is 20.8 Å². The SMILES string of the molecule is COc1ccc(COC[C@H](C)CN(C(=O)c2cc(C)ccc2Br)C2=CCC3(CC2)OCCO3)cc1. The van der Waals surface area contributed by atoms with Crippen LogP contribution < -0.4 is 4.74 Å². The average molecular weight is 544 g/mol. The molecule has 188 valence electrons. The molecule has 0 unspecified atom stereocenters. The smallest absolute Gasteiger partial charge is 0.259 e. The molecule has 1 saturated heterocycles. The molecule has 1 aliphatic carbocycles. The van der Waals surface area contributed by atoms with Crippen molar-refractivity contribution in [1.29, 1.82) is 0 Å². The third kappa shape index (κ3) is 6.53. The molecule has 35 heavy (non-hydrogen) atoms. The van der Waals surface area contributed by atoms with E-state index >= 15 is 0 Å². The maximum atomic E-state index is 13.8. The first-order valence-corrected chi connectivity index (χ1v) is 12.9. The molecule has 1 amide bonds.